The summed E-state index contributed by atoms with van der Waals surface area (Å²) < 4.78 is 29.5. The van der Waals surface area contributed by atoms with E-state index in [-0.39, 0.29) is 30.3 Å². The zero-order valence-electron chi connectivity index (χ0n) is 30.4. The van der Waals surface area contributed by atoms with Gasteiger partial charge in [-0.1, -0.05) is 95.3 Å². The first kappa shape index (κ1) is 41.3. The van der Waals surface area contributed by atoms with Gasteiger partial charge in [0.25, 0.3) is 5.91 Å². The molecule has 0 aliphatic heterocycles. The Bertz CT molecular complexity index is 1370. The van der Waals surface area contributed by atoms with E-state index in [4.69, 9.17) is 28.2 Å². The summed E-state index contributed by atoms with van der Waals surface area (Å²) in [6.07, 6.45) is -3.79. The van der Waals surface area contributed by atoms with Crippen molar-refractivity contribution >= 4 is 32.1 Å². The van der Waals surface area contributed by atoms with Crippen LogP contribution in [0, 0.1) is 5.92 Å². The molecule has 2 rings (SSSR count). The molecule has 11 nitrogen and oxygen atoms in total. The maximum atomic E-state index is 14.0. The van der Waals surface area contributed by atoms with Crippen molar-refractivity contribution in [1.82, 2.24) is 5.06 Å². The molecule has 0 bridgehead atoms. The number of benzene rings is 2. The van der Waals surface area contributed by atoms with Crippen molar-refractivity contribution in [3.8, 4) is 0 Å². The van der Waals surface area contributed by atoms with Gasteiger partial charge in [-0.05, 0) is 42.1 Å². The average Bonchev–Trinajstić information content (AvgIpc) is 3.12. The second kappa shape index (κ2) is 20.6. The number of hydrogen-bond acceptors (Lipinski definition) is 10. The predicted octanol–water partition coefficient (Wildman–Crippen LogP) is 6.17. The van der Waals surface area contributed by atoms with Crippen LogP contribution < -0.4 is 0 Å². The number of methoxy groups -OCH3 is 1. The van der Waals surface area contributed by atoms with Gasteiger partial charge < -0.3 is 23.4 Å². The highest BCUT2D eigenvalue weighted by Gasteiger charge is 2.41. The summed E-state index contributed by atoms with van der Waals surface area (Å²) in [7, 11) is 1.59. The minimum absolute atomic E-state index is 0.0209. The van der Waals surface area contributed by atoms with E-state index < -0.39 is 56.9 Å². The topological polar surface area (TPSA) is 127 Å². The molecular formula is C37H53NO10Si. The molecule has 0 spiro atoms. The fraction of sp³-hybridized carbons (Fsp3) is 0.514. The number of hydrogen-bond donors (Lipinski definition) is 0. The molecule has 0 aliphatic rings. The molecule has 0 radical (unpaired) electrons. The second-order valence-corrected chi connectivity index (χ2v) is 16.8. The molecule has 0 heterocycles. The summed E-state index contributed by atoms with van der Waals surface area (Å²) in [4.78, 5) is 59.4. The van der Waals surface area contributed by atoms with E-state index in [1.165, 1.54) is 28.2 Å². The Morgan fingerprint density at radius 2 is 1.27 bits per heavy atom. The van der Waals surface area contributed by atoms with Crippen molar-refractivity contribution in [2.45, 2.75) is 97.6 Å². The number of hydroxylamine groups is 2. The first-order valence-electron chi connectivity index (χ1n) is 16.7. The zero-order chi connectivity index (χ0) is 36.6. The van der Waals surface area contributed by atoms with Crippen LogP contribution in [0.3, 0.4) is 0 Å². The molecular weight excluding hydrogens is 646 g/mol. The molecule has 49 heavy (non-hydrogen) atoms. The third-order valence-electron chi connectivity index (χ3n) is 8.66. The van der Waals surface area contributed by atoms with Gasteiger partial charge in [-0.2, -0.15) is 0 Å². The fourth-order valence-corrected chi connectivity index (χ4v) is 8.12. The third kappa shape index (κ3) is 12.2. The molecule has 0 aromatic heterocycles. The van der Waals surface area contributed by atoms with Crippen molar-refractivity contribution in [2.75, 3.05) is 21.3 Å². The minimum atomic E-state index is -2.53. The summed E-state index contributed by atoms with van der Waals surface area (Å²) in [6.45, 7) is 11.0. The second-order valence-electron chi connectivity index (χ2n) is 12.1. The Morgan fingerprint density at radius 3 is 1.69 bits per heavy atom. The SMILES string of the molecule is CC[Si](CC)(CC)O[C@H](CC(=O)O[C@@H](C(C)C)[C@@H](OC)C(=O)N(C)OC)/C(C(=O)OCc1ccccc1)=C(\C)C(=O)OCc1ccccc1. The van der Waals surface area contributed by atoms with Crippen LogP contribution in [-0.2, 0) is 60.6 Å². The van der Waals surface area contributed by atoms with Crippen LogP contribution in [0.15, 0.2) is 71.8 Å². The number of likely N-dealkylation sites (N-methyl/N-ethyl adjacent to an activating group) is 1. The lowest BCUT2D eigenvalue weighted by Crippen LogP contribution is -2.48. The summed E-state index contributed by atoms with van der Waals surface area (Å²) >= 11 is 0. The standard InChI is InChI=1S/C37H53NO10Si/c1-10-49(11-2,12-3)48-30(23-31(39)47-33(26(4)5)34(43-8)35(40)38(7)44-9)32(37(42)46-25-29-21-17-14-18-22-29)27(6)36(41)45-24-28-19-15-13-16-20-28/h13-22,26,30,33-34H,10-12,23-25H2,1-9H3/b32-27-/t30-,33+,34-/m1/s1. The highest BCUT2D eigenvalue weighted by atomic mass is 28.4. The van der Waals surface area contributed by atoms with Crippen LogP contribution in [0.2, 0.25) is 18.1 Å². The van der Waals surface area contributed by atoms with E-state index in [1.54, 1.807) is 13.8 Å². The largest absolute Gasteiger partial charge is 0.459 e. The van der Waals surface area contributed by atoms with Gasteiger partial charge in [0.15, 0.2) is 14.4 Å². The van der Waals surface area contributed by atoms with Gasteiger partial charge in [-0.3, -0.25) is 14.4 Å². The molecule has 2 aromatic rings. The van der Waals surface area contributed by atoms with E-state index in [1.807, 2.05) is 81.4 Å². The molecule has 1 amide bonds. The maximum Gasteiger partial charge on any atom is 0.337 e. The lowest BCUT2D eigenvalue weighted by molar-refractivity contribution is -0.192. The van der Waals surface area contributed by atoms with Gasteiger partial charge in [-0.25, -0.2) is 14.7 Å². The lowest BCUT2D eigenvalue weighted by Gasteiger charge is -2.35. The van der Waals surface area contributed by atoms with Gasteiger partial charge in [0.05, 0.1) is 25.2 Å². The Kier molecular flexibility index (Phi) is 17.4. The van der Waals surface area contributed by atoms with E-state index in [0.717, 1.165) is 16.2 Å². The molecule has 0 unspecified atom stereocenters. The molecule has 0 saturated heterocycles. The van der Waals surface area contributed by atoms with Gasteiger partial charge in [-0.15, -0.1) is 0 Å². The molecule has 0 fully saturated rings. The molecule has 0 saturated carbocycles. The van der Waals surface area contributed by atoms with Gasteiger partial charge in [0, 0.05) is 19.7 Å². The molecule has 0 aliphatic carbocycles. The van der Waals surface area contributed by atoms with Crippen LogP contribution in [0.25, 0.3) is 0 Å². The Hall–Kier alpha value is -3.84. The predicted molar refractivity (Wildman–Crippen MR) is 187 cm³/mol. The summed E-state index contributed by atoms with van der Waals surface area (Å²) in [5, 5.41) is 1.00. The first-order chi connectivity index (χ1) is 23.4. The van der Waals surface area contributed by atoms with Crippen LogP contribution in [-0.4, -0.2) is 76.8 Å². The van der Waals surface area contributed by atoms with Crippen molar-refractivity contribution in [3.63, 3.8) is 0 Å². The summed E-state index contributed by atoms with van der Waals surface area (Å²) in [5.74, 6) is -3.18. The highest BCUT2D eigenvalue weighted by Crippen LogP contribution is 2.30. The molecule has 0 N–H and O–H groups in total. The Morgan fingerprint density at radius 1 is 0.776 bits per heavy atom. The Balaban J connectivity index is 2.59. The Labute approximate surface area is 291 Å². The van der Waals surface area contributed by atoms with Gasteiger partial charge in [0.1, 0.15) is 19.3 Å². The number of carbonyl (C=O) groups is 4. The summed E-state index contributed by atoms with van der Waals surface area (Å²) in [6, 6.07) is 20.4. The average molecular weight is 700 g/mol. The van der Waals surface area contributed by atoms with Gasteiger partial charge >= 0.3 is 17.9 Å². The lowest BCUT2D eigenvalue weighted by atomic mass is 9.99. The quantitative estimate of drug-likeness (QED) is 0.0521. The van der Waals surface area contributed by atoms with E-state index in [0.29, 0.717) is 18.1 Å². The molecule has 270 valence electrons. The number of carbonyl (C=O) groups excluding carboxylic acids is 4. The number of esters is 3. The van der Waals surface area contributed by atoms with E-state index in [2.05, 4.69) is 0 Å². The number of amides is 1. The first-order valence-corrected chi connectivity index (χ1v) is 19.2. The van der Waals surface area contributed by atoms with Crippen LogP contribution in [0.5, 0.6) is 0 Å². The molecule has 2 aromatic carbocycles. The molecule has 12 heteroatoms. The maximum absolute atomic E-state index is 14.0. The zero-order valence-corrected chi connectivity index (χ0v) is 31.4. The van der Waals surface area contributed by atoms with Crippen molar-refractivity contribution in [3.05, 3.63) is 82.9 Å². The highest BCUT2D eigenvalue weighted by molar-refractivity contribution is 6.73. The minimum Gasteiger partial charge on any atom is -0.459 e. The normalized spacial score (nSPS) is 13.9. The number of ether oxygens (including phenoxy) is 4. The van der Waals surface area contributed by atoms with Crippen molar-refractivity contribution in [1.29, 1.82) is 0 Å². The monoisotopic (exact) mass is 699 g/mol. The van der Waals surface area contributed by atoms with Crippen molar-refractivity contribution < 1.29 is 47.4 Å². The smallest absolute Gasteiger partial charge is 0.337 e. The van der Waals surface area contributed by atoms with Crippen LogP contribution in [0.4, 0.5) is 0 Å². The molecule has 3 atom stereocenters. The van der Waals surface area contributed by atoms with Crippen molar-refractivity contribution in [2.24, 2.45) is 5.92 Å². The third-order valence-corrected chi connectivity index (χ3v) is 13.3. The van der Waals surface area contributed by atoms with Gasteiger partial charge in [0.2, 0.25) is 0 Å². The van der Waals surface area contributed by atoms with Crippen LogP contribution >= 0.6 is 0 Å². The van der Waals surface area contributed by atoms with E-state index in [9.17, 15) is 19.2 Å². The van der Waals surface area contributed by atoms with Crippen LogP contribution in [0.1, 0.15) is 59.1 Å². The fourth-order valence-electron chi connectivity index (χ4n) is 5.32. The number of nitrogens with zero attached hydrogens (tertiary/aromatic N) is 1. The number of rotatable bonds is 20. The van der Waals surface area contributed by atoms with E-state index >= 15 is 0 Å². The summed E-state index contributed by atoms with van der Waals surface area (Å²) in [5.41, 5.74) is 1.36.